The Balaban J connectivity index is 3.69. The maximum Gasteiger partial charge on any atom is 0.164 e. The Hall–Kier alpha value is -0.990. The molecular weight excluding hydrogens is 213 g/mol. The quantitative estimate of drug-likeness (QED) is 0.648. The zero-order valence-electron chi connectivity index (χ0n) is 10.3. The van der Waals surface area contributed by atoms with Gasteiger partial charge in [-0.2, -0.15) is 0 Å². The molecule has 0 spiro atoms. The van der Waals surface area contributed by atoms with E-state index in [4.69, 9.17) is 0 Å². The summed E-state index contributed by atoms with van der Waals surface area (Å²) in [6.07, 6.45) is 0. The summed E-state index contributed by atoms with van der Waals surface area (Å²) in [6.45, 7) is 8.29. The normalized spacial score (nSPS) is 11.6. The van der Waals surface area contributed by atoms with Crippen molar-refractivity contribution in [3.8, 4) is 0 Å². The Morgan fingerprint density at radius 3 is 1.44 bits per heavy atom. The van der Waals surface area contributed by atoms with Crippen LogP contribution in [0.1, 0.15) is 56.2 Å². The summed E-state index contributed by atoms with van der Waals surface area (Å²) in [7, 11) is 0. The van der Waals surface area contributed by atoms with Gasteiger partial charge in [-0.15, -0.1) is 0 Å². The van der Waals surface area contributed by atoms with E-state index in [1.54, 1.807) is 27.7 Å². The Morgan fingerprint density at radius 2 is 1.06 bits per heavy atom. The maximum atomic E-state index is 13.9. The molecule has 0 saturated carbocycles. The standard InChI is InChI=1S/C13H17F3/c1-6(2)9-10(7(3)4)13(16)12(15)8(5)11(9)14/h6-7H,1-5H3. The molecule has 0 atom stereocenters. The zero-order valence-corrected chi connectivity index (χ0v) is 10.3. The predicted molar refractivity (Wildman–Crippen MR) is 59.2 cm³/mol. The van der Waals surface area contributed by atoms with Crippen LogP contribution < -0.4 is 0 Å². The maximum absolute atomic E-state index is 13.9. The molecule has 0 unspecified atom stereocenters. The van der Waals surface area contributed by atoms with Crippen molar-refractivity contribution in [2.45, 2.75) is 46.5 Å². The monoisotopic (exact) mass is 230 g/mol. The number of rotatable bonds is 2. The Morgan fingerprint density at radius 1 is 0.688 bits per heavy atom. The summed E-state index contributed by atoms with van der Waals surface area (Å²) in [5.74, 6) is -2.98. The molecular formula is C13H17F3. The first-order valence-electron chi connectivity index (χ1n) is 5.45. The lowest BCUT2D eigenvalue weighted by atomic mass is 9.88. The van der Waals surface area contributed by atoms with Gasteiger partial charge < -0.3 is 0 Å². The molecule has 0 fully saturated rings. The number of hydrogen-bond acceptors (Lipinski definition) is 0. The average molecular weight is 230 g/mol. The molecule has 0 N–H and O–H groups in total. The van der Waals surface area contributed by atoms with E-state index >= 15 is 0 Å². The van der Waals surface area contributed by atoms with E-state index in [0.717, 1.165) is 0 Å². The molecule has 0 aliphatic carbocycles. The van der Waals surface area contributed by atoms with Crippen LogP contribution in [0.4, 0.5) is 13.2 Å². The molecule has 1 rings (SSSR count). The van der Waals surface area contributed by atoms with E-state index < -0.39 is 17.5 Å². The van der Waals surface area contributed by atoms with E-state index in [0.29, 0.717) is 5.56 Å². The van der Waals surface area contributed by atoms with Crippen LogP contribution in [0.5, 0.6) is 0 Å². The highest BCUT2D eigenvalue weighted by Crippen LogP contribution is 2.34. The summed E-state index contributed by atoms with van der Waals surface area (Å²) >= 11 is 0. The lowest BCUT2D eigenvalue weighted by molar-refractivity contribution is 0.462. The molecule has 0 amide bonds. The van der Waals surface area contributed by atoms with Crippen molar-refractivity contribution in [1.82, 2.24) is 0 Å². The smallest absolute Gasteiger partial charge is 0.164 e. The minimum atomic E-state index is -1.06. The highest BCUT2D eigenvalue weighted by atomic mass is 19.2. The predicted octanol–water partition coefficient (Wildman–Crippen LogP) is 4.66. The topological polar surface area (TPSA) is 0 Å². The molecule has 1 aromatic rings. The first-order chi connectivity index (χ1) is 7.29. The van der Waals surface area contributed by atoms with Gasteiger partial charge in [0.1, 0.15) is 5.82 Å². The lowest BCUT2D eigenvalue weighted by Gasteiger charge is -2.19. The van der Waals surface area contributed by atoms with Crippen LogP contribution in [-0.2, 0) is 0 Å². The highest BCUT2D eigenvalue weighted by molar-refractivity contribution is 5.39. The molecule has 1 aromatic carbocycles. The second-order valence-corrected chi connectivity index (χ2v) is 4.70. The van der Waals surface area contributed by atoms with Crippen molar-refractivity contribution in [2.24, 2.45) is 0 Å². The highest BCUT2D eigenvalue weighted by Gasteiger charge is 2.25. The van der Waals surface area contributed by atoms with Gasteiger partial charge in [0.2, 0.25) is 0 Å². The van der Waals surface area contributed by atoms with Crippen molar-refractivity contribution in [3.05, 3.63) is 34.1 Å². The molecule has 90 valence electrons. The summed E-state index contributed by atoms with van der Waals surface area (Å²) in [5.41, 5.74) is 0.229. The molecule has 0 aliphatic heterocycles. The van der Waals surface area contributed by atoms with Crippen LogP contribution in [0, 0.1) is 24.4 Å². The average Bonchev–Trinajstić information content (AvgIpc) is 2.18. The minimum Gasteiger partial charge on any atom is -0.206 e. The Labute approximate surface area is 94.5 Å². The minimum absolute atomic E-state index is 0.161. The first-order valence-corrected chi connectivity index (χ1v) is 5.45. The van der Waals surface area contributed by atoms with Crippen molar-refractivity contribution >= 4 is 0 Å². The third-order valence-electron chi connectivity index (χ3n) is 2.77. The molecule has 0 bridgehead atoms. The Kier molecular flexibility index (Phi) is 3.66. The zero-order chi connectivity index (χ0) is 12.6. The lowest BCUT2D eigenvalue weighted by Crippen LogP contribution is -2.10. The molecule has 0 aromatic heterocycles. The molecule has 0 heterocycles. The van der Waals surface area contributed by atoms with Crippen LogP contribution in [0.15, 0.2) is 0 Å². The fourth-order valence-corrected chi connectivity index (χ4v) is 1.95. The third kappa shape index (κ3) is 1.95. The SMILES string of the molecule is Cc1c(F)c(F)c(C(C)C)c(C(C)C)c1F. The van der Waals surface area contributed by atoms with Crippen molar-refractivity contribution < 1.29 is 13.2 Å². The van der Waals surface area contributed by atoms with Gasteiger partial charge in [-0.05, 0) is 29.9 Å². The molecule has 0 radical (unpaired) electrons. The van der Waals surface area contributed by atoms with Crippen molar-refractivity contribution in [3.63, 3.8) is 0 Å². The van der Waals surface area contributed by atoms with Crippen LogP contribution >= 0.6 is 0 Å². The van der Waals surface area contributed by atoms with E-state index in [-0.39, 0.29) is 23.0 Å². The van der Waals surface area contributed by atoms with Crippen LogP contribution in [0.2, 0.25) is 0 Å². The molecule has 3 heteroatoms. The van der Waals surface area contributed by atoms with Crippen LogP contribution in [0.3, 0.4) is 0 Å². The van der Waals surface area contributed by atoms with Gasteiger partial charge >= 0.3 is 0 Å². The van der Waals surface area contributed by atoms with Gasteiger partial charge in [-0.25, -0.2) is 13.2 Å². The van der Waals surface area contributed by atoms with Crippen molar-refractivity contribution in [2.75, 3.05) is 0 Å². The molecule has 0 aliphatic rings. The summed E-state index contributed by atoms with van der Waals surface area (Å²) in [5, 5.41) is 0. The van der Waals surface area contributed by atoms with Crippen molar-refractivity contribution in [1.29, 1.82) is 0 Å². The van der Waals surface area contributed by atoms with E-state index in [1.807, 2.05) is 0 Å². The summed E-state index contributed by atoms with van der Waals surface area (Å²) in [4.78, 5) is 0. The van der Waals surface area contributed by atoms with E-state index in [2.05, 4.69) is 0 Å². The second-order valence-electron chi connectivity index (χ2n) is 4.70. The van der Waals surface area contributed by atoms with Crippen LogP contribution in [-0.4, -0.2) is 0 Å². The largest absolute Gasteiger partial charge is 0.206 e. The van der Waals surface area contributed by atoms with Gasteiger partial charge in [-0.1, -0.05) is 27.7 Å². The van der Waals surface area contributed by atoms with Gasteiger partial charge in [0.25, 0.3) is 0 Å². The third-order valence-corrected chi connectivity index (χ3v) is 2.77. The van der Waals surface area contributed by atoms with E-state index in [9.17, 15) is 13.2 Å². The molecule has 0 saturated heterocycles. The Bertz CT molecular complexity index is 367. The molecule has 16 heavy (non-hydrogen) atoms. The number of benzene rings is 1. The van der Waals surface area contributed by atoms with E-state index in [1.165, 1.54) is 6.92 Å². The summed E-state index contributed by atoms with van der Waals surface area (Å²) in [6, 6.07) is 0. The summed E-state index contributed by atoms with van der Waals surface area (Å²) < 4.78 is 41.1. The van der Waals surface area contributed by atoms with Crippen LogP contribution in [0.25, 0.3) is 0 Å². The van der Waals surface area contributed by atoms with Gasteiger partial charge in [0.15, 0.2) is 11.6 Å². The first kappa shape index (κ1) is 13.1. The molecule has 0 nitrogen and oxygen atoms in total. The van der Waals surface area contributed by atoms with Gasteiger partial charge in [0.05, 0.1) is 0 Å². The second kappa shape index (κ2) is 4.48. The fourth-order valence-electron chi connectivity index (χ4n) is 1.95. The fraction of sp³-hybridized carbons (Fsp3) is 0.538. The van der Waals surface area contributed by atoms with Gasteiger partial charge in [-0.3, -0.25) is 0 Å². The number of halogens is 3. The van der Waals surface area contributed by atoms with Gasteiger partial charge in [0, 0.05) is 5.56 Å². The number of hydrogen-bond donors (Lipinski definition) is 0.